The topological polar surface area (TPSA) is 68.3 Å². The summed E-state index contributed by atoms with van der Waals surface area (Å²) in [5, 5.41) is 7.51. The van der Waals surface area contributed by atoms with Gasteiger partial charge in [0.15, 0.2) is 0 Å². The van der Waals surface area contributed by atoms with Gasteiger partial charge in [-0.05, 0) is 38.5 Å². The van der Waals surface area contributed by atoms with Crippen molar-refractivity contribution in [3.05, 3.63) is 29.3 Å². The molecule has 3 N–H and O–H groups in total. The van der Waals surface area contributed by atoms with E-state index in [1.807, 2.05) is 39.0 Å². The molecule has 0 aliphatic heterocycles. The zero-order chi connectivity index (χ0) is 13.8. The van der Waals surface area contributed by atoms with Gasteiger partial charge in [-0.2, -0.15) is 0 Å². The maximum atomic E-state index is 7.51. The fourth-order valence-electron chi connectivity index (χ4n) is 1.48. The van der Waals surface area contributed by atoms with E-state index in [9.17, 15) is 0 Å². The fraction of sp³-hybridized carbons (Fsp3) is 0.500. The molecule has 0 aliphatic carbocycles. The number of aryl methyl sites for hydroxylation is 1. The second-order valence-electron chi connectivity index (χ2n) is 4.98. The summed E-state index contributed by atoms with van der Waals surface area (Å²) in [6.45, 7) is 6.54. The van der Waals surface area contributed by atoms with Gasteiger partial charge in [0.2, 0.25) is 0 Å². The van der Waals surface area contributed by atoms with Crippen molar-refractivity contribution in [1.82, 2.24) is 0 Å². The summed E-state index contributed by atoms with van der Waals surface area (Å²) in [6, 6.07) is 5.63. The molecular formula is C14H22N2O2. The molecule has 0 fully saturated rings. The molecular weight excluding hydrogens is 228 g/mol. The van der Waals surface area contributed by atoms with Crippen LogP contribution in [0.25, 0.3) is 0 Å². The van der Waals surface area contributed by atoms with E-state index in [2.05, 4.69) is 0 Å². The zero-order valence-corrected chi connectivity index (χ0v) is 11.5. The van der Waals surface area contributed by atoms with Crippen LogP contribution in [0.2, 0.25) is 0 Å². The summed E-state index contributed by atoms with van der Waals surface area (Å²) in [7, 11) is 1.69. The minimum absolute atomic E-state index is 0.0241. The summed E-state index contributed by atoms with van der Waals surface area (Å²) in [5.41, 5.74) is 7.04. The van der Waals surface area contributed by atoms with E-state index in [0.29, 0.717) is 17.9 Å². The Morgan fingerprint density at radius 3 is 2.61 bits per heavy atom. The van der Waals surface area contributed by atoms with Crippen LogP contribution >= 0.6 is 0 Å². The molecule has 0 radical (unpaired) electrons. The van der Waals surface area contributed by atoms with Gasteiger partial charge >= 0.3 is 0 Å². The highest BCUT2D eigenvalue weighted by Crippen LogP contribution is 2.21. The number of amidine groups is 1. The lowest BCUT2D eigenvalue weighted by Crippen LogP contribution is -2.25. The number of benzene rings is 1. The van der Waals surface area contributed by atoms with Crippen LogP contribution in [0, 0.1) is 12.3 Å². The Balaban J connectivity index is 2.72. The monoisotopic (exact) mass is 250 g/mol. The SMILES string of the molecule is COC(C)(C)CCOc1cc(C)ccc1C(=N)N. The van der Waals surface area contributed by atoms with Crippen LogP contribution in [0.4, 0.5) is 0 Å². The van der Waals surface area contributed by atoms with Crippen LogP contribution in [0.1, 0.15) is 31.4 Å². The predicted octanol–water partition coefficient (Wildman–Crippen LogP) is 2.47. The molecule has 0 amide bonds. The van der Waals surface area contributed by atoms with Crippen LogP contribution in [0.15, 0.2) is 18.2 Å². The lowest BCUT2D eigenvalue weighted by molar-refractivity contribution is 0.00544. The van der Waals surface area contributed by atoms with Crippen LogP contribution in [-0.4, -0.2) is 25.2 Å². The predicted molar refractivity (Wildman–Crippen MR) is 73.4 cm³/mol. The van der Waals surface area contributed by atoms with Gasteiger partial charge in [-0.25, -0.2) is 0 Å². The third-order valence-electron chi connectivity index (χ3n) is 2.94. The first kappa shape index (κ1) is 14.5. The molecule has 4 heteroatoms. The maximum absolute atomic E-state index is 7.51. The van der Waals surface area contributed by atoms with Crippen LogP contribution < -0.4 is 10.5 Å². The van der Waals surface area contributed by atoms with Crippen molar-refractivity contribution in [2.75, 3.05) is 13.7 Å². The fourth-order valence-corrected chi connectivity index (χ4v) is 1.48. The zero-order valence-electron chi connectivity index (χ0n) is 11.5. The molecule has 4 nitrogen and oxygen atoms in total. The first-order valence-electron chi connectivity index (χ1n) is 5.99. The Labute approximate surface area is 109 Å². The number of nitrogen functional groups attached to an aromatic ring is 1. The molecule has 1 rings (SSSR count). The second-order valence-corrected chi connectivity index (χ2v) is 4.98. The number of hydrogen-bond acceptors (Lipinski definition) is 3. The second kappa shape index (κ2) is 5.87. The number of rotatable bonds is 6. The Morgan fingerprint density at radius 2 is 2.06 bits per heavy atom. The first-order valence-corrected chi connectivity index (χ1v) is 5.99. The van der Waals surface area contributed by atoms with E-state index in [0.717, 1.165) is 12.0 Å². The molecule has 1 aromatic carbocycles. The van der Waals surface area contributed by atoms with Gasteiger partial charge < -0.3 is 15.2 Å². The number of ether oxygens (including phenoxy) is 2. The number of methoxy groups -OCH3 is 1. The summed E-state index contributed by atoms with van der Waals surface area (Å²) in [5.74, 6) is 0.686. The minimum atomic E-state index is -0.208. The van der Waals surface area contributed by atoms with Crippen molar-refractivity contribution in [2.24, 2.45) is 5.73 Å². The van der Waals surface area contributed by atoms with E-state index in [1.165, 1.54) is 0 Å². The largest absolute Gasteiger partial charge is 0.493 e. The van der Waals surface area contributed by atoms with Crippen LogP contribution in [0.3, 0.4) is 0 Å². The standard InChI is InChI=1S/C14H22N2O2/c1-10-5-6-11(13(15)16)12(9-10)18-8-7-14(2,3)17-4/h5-6,9H,7-8H2,1-4H3,(H3,15,16). The molecule has 100 valence electrons. The van der Waals surface area contributed by atoms with Gasteiger partial charge in [-0.15, -0.1) is 0 Å². The van der Waals surface area contributed by atoms with Crippen molar-refractivity contribution < 1.29 is 9.47 Å². The number of hydrogen-bond donors (Lipinski definition) is 2. The Morgan fingerprint density at radius 1 is 1.39 bits per heavy atom. The highest BCUT2D eigenvalue weighted by atomic mass is 16.5. The highest BCUT2D eigenvalue weighted by Gasteiger charge is 2.16. The van der Waals surface area contributed by atoms with E-state index in [-0.39, 0.29) is 11.4 Å². The lowest BCUT2D eigenvalue weighted by atomic mass is 10.1. The summed E-state index contributed by atoms with van der Waals surface area (Å²) in [4.78, 5) is 0. The molecule has 1 aromatic rings. The van der Waals surface area contributed by atoms with E-state index in [1.54, 1.807) is 7.11 Å². The Hall–Kier alpha value is -1.55. The van der Waals surface area contributed by atoms with Gasteiger partial charge in [-0.3, -0.25) is 5.41 Å². The van der Waals surface area contributed by atoms with Gasteiger partial charge in [0.1, 0.15) is 11.6 Å². The molecule has 0 aromatic heterocycles. The number of nitrogens with one attached hydrogen (secondary N) is 1. The third-order valence-corrected chi connectivity index (χ3v) is 2.94. The molecule has 18 heavy (non-hydrogen) atoms. The average Bonchev–Trinajstić information content (AvgIpc) is 2.28. The van der Waals surface area contributed by atoms with E-state index < -0.39 is 0 Å². The Bertz CT molecular complexity index is 428. The van der Waals surface area contributed by atoms with Gasteiger partial charge in [-0.1, -0.05) is 6.07 Å². The molecule has 0 saturated heterocycles. The first-order chi connectivity index (χ1) is 8.35. The van der Waals surface area contributed by atoms with Gasteiger partial charge in [0.25, 0.3) is 0 Å². The molecule has 0 heterocycles. The van der Waals surface area contributed by atoms with E-state index >= 15 is 0 Å². The Kier molecular flexibility index (Phi) is 4.73. The molecule has 0 atom stereocenters. The minimum Gasteiger partial charge on any atom is -0.493 e. The van der Waals surface area contributed by atoms with Crippen LogP contribution in [-0.2, 0) is 4.74 Å². The normalized spacial score (nSPS) is 11.3. The van der Waals surface area contributed by atoms with E-state index in [4.69, 9.17) is 20.6 Å². The molecule has 0 bridgehead atoms. The van der Waals surface area contributed by atoms with Gasteiger partial charge in [0.05, 0.1) is 17.8 Å². The van der Waals surface area contributed by atoms with Crippen molar-refractivity contribution in [3.8, 4) is 5.75 Å². The van der Waals surface area contributed by atoms with Crippen molar-refractivity contribution in [2.45, 2.75) is 32.8 Å². The third kappa shape index (κ3) is 4.04. The smallest absolute Gasteiger partial charge is 0.130 e. The van der Waals surface area contributed by atoms with Gasteiger partial charge in [0, 0.05) is 13.5 Å². The van der Waals surface area contributed by atoms with Crippen LogP contribution in [0.5, 0.6) is 5.75 Å². The molecule has 0 aliphatic rings. The van der Waals surface area contributed by atoms with Crippen molar-refractivity contribution in [3.63, 3.8) is 0 Å². The quantitative estimate of drug-likeness (QED) is 0.602. The summed E-state index contributed by atoms with van der Waals surface area (Å²) in [6.07, 6.45) is 0.773. The highest BCUT2D eigenvalue weighted by molar-refractivity contribution is 5.97. The summed E-state index contributed by atoms with van der Waals surface area (Å²) < 4.78 is 11.0. The molecule has 0 spiro atoms. The van der Waals surface area contributed by atoms with Crippen molar-refractivity contribution >= 4 is 5.84 Å². The lowest BCUT2D eigenvalue weighted by Gasteiger charge is -2.23. The number of nitrogens with two attached hydrogens (primary N) is 1. The molecule has 0 unspecified atom stereocenters. The average molecular weight is 250 g/mol. The maximum Gasteiger partial charge on any atom is 0.130 e. The van der Waals surface area contributed by atoms with Crippen molar-refractivity contribution in [1.29, 1.82) is 5.41 Å². The molecule has 0 saturated carbocycles. The summed E-state index contributed by atoms with van der Waals surface area (Å²) >= 11 is 0.